The molecule has 0 fully saturated rings. The van der Waals surface area contributed by atoms with Crippen LogP contribution in [0.4, 0.5) is 11.4 Å². The molecule has 0 amide bonds. The van der Waals surface area contributed by atoms with Crippen molar-refractivity contribution < 1.29 is 0 Å². The van der Waals surface area contributed by atoms with Gasteiger partial charge in [-0.05, 0) is 42.7 Å². The zero-order valence-electron chi connectivity index (χ0n) is 10.7. The molecule has 2 heteroatoms. The minimum Gasteiger partial charge on any atom is -0.354 e. The first-order chi connectivity index (χ1) is 8.74. The Kier molecular flexibility index (Phi) is 3.64. The standard InChI is InChI=1S/C16H16N2/c1-3-13-7-9-15(10-8-13)18-16-12(2)5-4-6-14(16)11-17/h4-10,18H,3H2,1-2H3. The number of hydrogen-bond acceptors (Lipinski definition) is 2. The van der Waals surface area contributed by atoms with Crippen molar-refractivity contribution in [2.75, 3.05) is 5.32 Å². The second kappa shape index (κ2) is 5.37. The Morgan fingerprint density at radius 3 is 2.44 bits per heavy atom. The van der Waals surface area contributed by atoms with E-state index in [1.807, 2.05) is 37.3 Å². The Hall–Kier alpha value is -2.27. The van der Waals surface area contributed by atoms with Crippen LogP contribution in [0, 0.1) is 18.3 Å². The number of anilines is 2. The molecule has 0 heterocycles. The number of nitrogens with one attached hydrogen (secondary N) is 1. The molecular weight excluding hydrogens is 220 g/mol. The molecular formula is C16H16N2. The molecule has 0 saturated carbocycles. The molecule has 0 spiro atoms. The zero-order valence-corrected chi connectivity index (χ0v) is 10.7. The highest BCUT2D eigenvalue weighted by Crippen LogP contribution is 2.24. The van der Waals surface area contributed by atoms with E-state index in [2.05, 4.69) is 30.4 Å². The largest absolute Gasteiger partial charge is 0.354 e. The molecule has 0 aromatic heterocycles. The van der Waals surface area contributed by atoms with Crippen LogP contribution in [-0.2, 0) is 6.42 Å². The van der Waals surface area contributed by atoms with Crippen LogP contribution in [-0.4, -0.2) is 0 Å². The highest BCUT2D eigenvalue weighted by atomic mass is 14.9. The van der Waals surface area contributed by atoms with Crippen LogP contribution in [0.15, 0.2) is 42.5 Å². The van der Waals surface area contributed by atoms with E-state index in [1.165, 1.54) is 5.56 Å². The zero-order chi connectivity index (χ0) is 13.0. The molecule has 0 saturated heterocycles. The van der Waals surface area contributed by atoms with Crippen molar-refractivity contribution in [2.45, 2.75) is 20.3 Å². The number of para-hydroxylation sites is 1. The third kappa shape index (κ3) is 2.52. The van der Waals surface area contributed by atoms with Crippen molar-refractivity contribution in [1.82, 2.24) is 0 Å². The molecule has 2 aromatic rings. The van der Waals surface area contributed by atoms with Gasteiger partial charge in [0.1, 0.15) is 6.07 Å². The molecule has 0 bridgehead atoms. The first kappa shape index (κ1) is 12.2. The van der Waals surface area contributed by atoms with Crippen LogP contribution >= 0.6 is 0 Å². The lowest BCUT2D eigenvalue weighted by molar-refractivity contribution is 1.14. The van der Waals surface area contributed by atoms with Gasteiger partial charge in [0.15, 0.2) is 0 Å². The van der Waals surface area contributed by atoms with Crippen molar-refractivity contribution in [3.05, 3.63) is 59.2 Å². The molecule has 18 heavy (non-hydrogen) atoms. The SMILES string of the molecule is CCc1ccc(Nc2c(C)cccc2C#N)cc1. The molecule has 1 N–H and O–H groups in total. The Bertz CT molecular complexity index is 577. The molecule has 2 rings (SSSR count). The fourth-order valence-electron chi connectivity index (χ4n) is 1.89. The average Bonchev–Trinajstić information content (AvgIpc) is 2.42. The quantitative estimate of drug-likeness (QED) is 0.868. The number of nitriles is 1. The summed E-state index contributed by atoms with van der Waals surface area (Å²) >= 11 is 0. The first-order valence-electron chi connectivity index (χ1n) is 6.10. The van der Waals surface area contributed by atoms with Gasteiger partial charge in [-0.25, -0.2) is 0 Å². The molecule has 0 radical (unpaired) electrons. The topological polar surface area (TPSA) is 35.8 Å². The van der Waals surface area contributed by atoms with Gasteiger partial charge in [0, 0.05) is 5.69 Å². The summed E-state index contributed by atoms with van der Waals surface area (Å²) in [4.78, 5) is 0. The Morgan fingerprint density at radius 2 is 1.83 bits per heavy atom. The van der Waals surface area contributed by atoms with Crippen LogP contribution in [0.5, 0.6) is 0 Å². The van der Waals surface area contributed by atoms with Gasteiger partial charge >= 0.3 is 0 Å². The highest BCUT2D eigenvalue weighted by molar-refractivity contribution is 5.69. The monoisotopic (exact) mass is 236 g/mol. The van der Waals surface area contributed by atoms with Crippen LogP contribution in [0.25, 0.3) is 0 Å². The molecule has 0 aliphatic carbocycles. The maximum Gasteiger partial charge on any atom is 0.101 e. The van der Waals surface area contributed by atoms with Gasteiger partial charge in [0.2, 0.25) is 0 Å². The predicted octanol–water partition coefficient (Wildman–Crippen LogP) is 4.17. The molecule has 0 aliphatic rings. The van der Waals surface area contributed by atoms with Crippen molar-refractivity contribution in [3.63, 3.8) is 0 Å². The Labute approximate surface area is 108 Å². The van der Waals surface area contributed by atoms with E-state index in [-0.39, 0.29) is 0 Å². The fraction of sp³-hybridized carbons (Fsp3) is 0.188. The summed E-state index contributed by atoms with van der Waals surface area (Å²) in [6.07, 6.45) is 1.04. The van der Waals surface area contributed by atoms with Gasteiger partial charge in [-0.15, -0.1) is 0 Å². The lowest BCUT2D eigenvalue weighted by Gasteiger charge is -2.11. The maximum atomic E-state index is 9.11. The van der Waals surface area contributed by atoms with Gasteiger partial charge in [-0.2, -0.15) is 5.26 Å². The van der Waals surface area contributed by atoms with E-state index in [9.17, 15) is 0 Å². The Morgan fingerprint density at radius 1 is 1.11 bits per heavy atom. The second-order valence-corrected chi connectivity index (χ2v) is 4.28. The van der Waals surface area contributed by atoms with Crippen molar-refractivity contribution in [3.8, 4) is 6.07 Å². The summed E-state index contributed by atoms with van der Waals surface area (Å²) in [5, 5.41) is 12.4. The third-order valence-electron chi connectivity index (χ3n) is 3.02. The summed E-state index contributed by atoms with van der Waals surface area (Å²) < 4.78 is 0. The normalized spacial score (nSPS) is 9.83. The van der Waals surface area contributed by atoms with Crippen LogP contribution in [0.2, 0.25) is 0 Å². The third-order valence-corrected chi connectivity index (χ3v) is 3.02. The molecule has 0 atom stereocenters. The smallest absolute Gasteiger partial charge is 0.101 e. The molecule has 2 aromatic carbocycles. The molecule has 90 valence electrons. The van der Waals surface area contributed by atoms with Crippen LogP contribution < -0.4 is 5.32 Å². The molecule has 0 unspecified atom stereocenters. The summed E-state index contributed by atoms with van der Waals surface area (Å²) in [7, 11) is 0. The van der Waals surface area contributed by atoms with E-state index < -0.39 is 0 Å². The number of aryl methyl sites for hydroxylation is 2. The van der Waals surface area contributed by atoms with Crippen molar-refractivity contribution >= 4 is 11.4 Å². The van der Waals surface area contributed by atoms with Gasteiger partial charge in [0.05, 0.1) is 11.3 Å². The first-order valence-corrected chi connectivity index (χ1v) is 6.10. The lowest BCUT2D eigenvalue weighted by atomic mass is 10.1. The Balaban J connectivity index is 2.31. The maximum absolute atomic E-state index is 9.11. The second-order valence-electron chi connectivity index (χ2n) is 4.28. The number of benzene rings is 2. The van der Waals surface area contributed by atoms with Gasteiger partial charge in [-0.1, -0.05) is 31.2 Å². The summed E-state index contributed by atoms with van der Waals surface area (Å²) in [6.45, 7) is 4.14. The summed E-state index contributed by atoms with van der Waals surface area (Å²) in [6, 6.07) is 16.3. The van der Waals surface area contributed by atoms with Gasteiger partial charge in [0.25, 0.3) is 0 Å². The molecule has 2 nitrogen and oxygen atoms in total. The van der Waals surface area contributed by atoms with Crippen LogP contribution in [0.3, 0.4) is 0 Å². The average molecular weight is 236 g/mol. The number of rotatable bonds is 3. The van der Waals surface area contributed by atoms with Gasteiger partial charge < -0.3 is 5.32 Å². The summed E-state index contributed by atoms with van der Waals surface area (Å²) in [5.41, 5.74) is 4.97. The predicted molar refractivity (Wildman–Crippen MR) is 75.0 cm³/mol. The van der Waals surface area contributed by atoms with Crippen molar-refractivity contribution in [1.29, 1.82) is 5.26 Å². The van der Waals surface area contributed by atoms with E-state index in [4.69, 9.17) is 5.26 Å². The minimum atomic E-state index is 0.676. The fourth-order valence-corrected chi connectivity index (χ4v) is 1.89. The minimum absolute atomic E-state index is 0.676. The molecule has 0 aliphatic heterocycles. The van der Waals surface area contributed by atoms with Gasteiger partial charge in [-0.3, -0.25) is 0 Å². The highest BCUT2D eigenvalue weighted by Gasteiger charge is 2.05. The summed E-state index contributed by atoms with van der Waals surface area (Å²) in [5.74, 6) is 0. The van der Waals surface area contributed by atoms with Crippen LogP contribution in [0.1, 0.15) is 23.6 Å². The van der Waals surface area contributed by atoms with E-state index in [0.29, 0.717) is 5.56 Å². The number of hydrogen-bond donors (Lipinski definition) is 1. The van der Waals surface area contributed by atoms with E-state index in [0.717, 1.165) is 23.4 Å². The van der Waals surface area contributed by atoms with E-state index in [1.54, 1.807) is 0 Å². The van der Waals surface area contributed by atoms with E-state index >= 15 is 0 Å². The number of nitrogens with zero attached hydrogens (tertiary/aromatic N) is 1. The lowest BCUT2D eigenvalue weighted by Crippen LogP contribution is -1.96. The van der Waals surface area contributed by atoms with Crippen molar-refractivity contribution in [2.24, 2.45) is 0 Å².